The molecule has 3 N–H and O–H groups in total. The predicted molar refractivity (Wildman–Crippen MR) is 98.3 cm³/mol. The number of nitrogens with one attached hydrogen (secondary N) is 3. The van der Waals surface area contributed by atoms with Gasteiger partial charge in [-0.3, -0.25) is 4.79 Å². The van der Waals surface area contributed by atoms with Gasteiger partial charge in [0.25, 0.3) is 5.91 Å². The fraction of sp³-hybridized carbons (Fsp3) is 0.278. The molecule has 1 aliphatic rings. The molecule has 0 saturated heterocycles. The van der Waals surface area contributed by atoms with Gasteiger partial charge in [-0.25, -0.2) is 8.42 Å². The molecule has 2 aromatic rings. The molecule has 3 rings (SSSR count). The molecule has 0 fully saturated rings. The number of hydrogen-bond donors (Lipinski definition) is 3. The number of rotatable bonds is 3. The summed E-state index contributed by atoms with van der Waals surface area (Å²) in [5, 5.41) is 5.05. The van der Waals surface area contributed by atoms with E-state index in [1.807, 2.05) is 26.0 Å². The SMILES string of the molecule is CC(C)c1ccc(NC(=O)[C@@H]2Nc3cc(C(F)(F)F)ccc3S(=O)(=O)N2)cc1. The average molecular weight is 413 g/mol. The van der Waals surface area contributed by atoms with E-state index in [2.05, 4.69) is 15.4 Å². The van der Waals surface area contributed by atoms with Gasteiger partial charge in [-0.2, -0.15) is 17.9 Å². The van der Waals surface area contributed by atoms with Crippen molar-refractivity contribution in [3.63, 3.8) is 0 Å². The molecular weight excluding hydrogens is 395 g/mol. The Kier molecular flexibility index (Phi) is 5.11. The second-order valence-corrected chi connectivity index (χ2v) is 8.36. The number of anilines is 2. The molecule has 10 heteroatoms. The van der Waals surface area contributed by atoms with Gasteiger partial charge in [0.1, 0.15) is 4.90 Å². The molecule has 0 unspecified atom stereocenters. The van der Waals surface area contributed by atoms with Gasteiger partial charge in [0.05, 0.1) is 11.3 Å². The summed E-state index contributed by atoms with van der Waals surface area (Å²) in [6, 6.07) is 9.18. The van der Waals surface area contributed by atoms with E-state index in [9.17, 15) is 26.4 Å². The van der Waals surface area contributed by atoms with E-state index in [1.54, 1.807) is 12.1 Å². The van der Waals surface area contributed by atoms with Crippen LogP contribution in [0.1, 0.15) is 30.9 Å². The van der Waals surface area contributed by atoms with Crippen LogP contribution < -0.4 is 15.4 Å². The van der Waals surface area contributed by atoms with Crippen LogP contribution in [0.5, 0.6) is 0 Å². The summed E-state index contributed by atoms with van der Waals surface area (Å²) < 4.78 is 65.5. The lowest BCUT2D eigenvalue weighted by Gasteiger charge is -2.27. The lowest BCUT2D eigenvalue weighted by molar-refractivity contribution is -0.137. The van der Waals surface area contributed by atoms with E-state index in [0.29, 0.717) is 23.7 Å². The Hall–Kier alpha value is -2.59. The Balaban J connectivity index is 1.83. The van der Waals surface area contributed by atoms with Gasteiger partial charge < -0.3 is 10.6 Å². The largest absolute Gasteiger partial charge is 0.416 e. The van der Waals surface area contributed by atoms with Crippen LogP contribution in [-0.4, -0.2) is 20.5 Å². The third-order valence-corrected chi connectivity index (χ3v) is 5.76. The monoisotopic (exact) mass is 413 g/mol. The molecule has 150 valence electrons. The highest BCUT2D eigenvalue weighted by atomic mass is 32.2. The van der Waals surface area contributed by atoms with Crippen molar-refractivity contribution < 1.29 is 26.4 Å². The molecule has 0 aliphatic carbocycles. The van der Waals surface area contributed by atoms with Crippen LogP contribution in [0.4, 0.5) is 24.5 Å². The van der Waals surface area contributed by atoms with Crippen molar-refractivity contribution in [2.24, 2.45) is 0 Å². The molecule has 6 nitrogen and oxygen atoms in total. The number of alkyl halides is 3. The van der Waals surface area contributed by atoms with Crippen molar-refractivity contribution >= 4 is 27.3 Å². The molecule has 1 atom stereocenters. The second kappa shape index (κ2) is 7.10. The molecule has 1 aliphatic heterocycles. The first-order chi connectivity index (χ1) is 13.0. The quantitative estimate of drug-likeness (QED) is 0.719. The smallest absolute Gasteiger partial charge is 0.360 e. The van der Waals surface area contributed by atoms with Gasteiger partial charge >= 0.3 is 6.18 Å². The molecule has 0 bridgehead atoms. The molecule has 1 heterocycles. The molecule has 0 saturated carbocycles. The lowest BCUT2D eigenvalue weighted by atomic mass is 10.0. The van der Waals surface area contributed by atoms with E-state index in [-0.39, 0.29) is 10.6 Å². The van der Waals surface area contributed by atoms with Crippen molar-refractivity contribution in [1.82, 2.24) is 4.72 Å². The molecular formula is C18H18F3N3O3S. The third-order valence-electron chi connectivity index (χ3n) is 4.28. The molecule has 28 heavy (non-hydrogen) atoms. The first kappa shape index (κ1) is 20.2. The Morgan fingerprint density at radius 1 is 1.11 bits per heavy atom. The van der Waals surface area contributed by atoms with Crippen LogP contribution in [0, 0.1) is 0 Å². The van der Waals surface area contributed by atoms with Gasteiger partial charge in [0, 0.05) is 5.69 Å². The fourth-order valence-electron chi connectivity index (χ4n) is 2.74. The topological polar surface area (TPSA) is 87.3 Å². The first-order valence-electron chi connectivity index (χ1n) is 8.38. The standard InChI is InChI=1S/C18H18F3N3O3S/c1-10(2)11-3-6-13(7-4-11)22-17(25)16-23-14-9-12(18(19,20)21)5-8-15(14)28(26,27)24-16/h3-10,16,23-24H,1-2H3,(H,22,25)/t16-/m1/s1. The zero-order valence-electron chi connectivity index (χ0n) is 15.0. The van der Waals surface area contributed by atoms with Gasteiger partial charge in [-0.15, -0.1) is 0 Å². The summed E-state index contributed by atoms with van der Waals surface area (Å²) in [7, 11) is -4.15. The zero-order valence-corrected chi connectivity index (χ0v) is 15.8. The Labute approximate surface area is 160 Å². The molecule has 0 aromatic heterocycles. The molecule has 0 radical (unpaired) electrons. The Morgan fingerprint density at radius 2 is 1.75 bits per heavy atom. The summed E-state index contributed by atoms with van der Waals surface area (Å²) in [6.45, 7) is 4.03. The highest BCUT2D eigenvalue weighted by Crippen LogP contribution is 2.35. The highest BCUT2D eigenvalue weighted by molar-refractivity contribution is 7.89. The van der Waals surface area contributed by atoms with Crippen LogP contribution in [0.15, 0.2) is 47.4 Å². The van der Waals surface area contributed by atoms with Gasteiger partial charge in [-0.1, -0.05) is 26.0 Å². The van der Waals surface area contributed by atoms with Crippen molar-refractivity contribution in [2.75, 3.05) is 10.6 Å². The van der Waals surface area contributed by atoms with Gasteiger partial charge in [0.15, 0.2) is 6.17 Å². The Bertz CT molecular complexity index is 1000. The van der Waals surface area contributed by atoms with E-state index >= 15 is 0 Å². The fourth-order valence-corrected chi connectivity index (χ4v) is 4.00. The van der Waals surface area contributed by atoms with Crippen molar-refractivity contribution in [1.29, 1.82) is 0 Å². The van der Waals surface area contributed by atoms with Crippen LogP contribution in [0.3, 0.4) is 0 Å². The predicted octanol–water partition coefficient (Wildman–Crippen LogP) is 3.50. The maximum absolute atomic E-state index is 12.9. The van der Waals surface area contributed by atoms with Crippen molar-refractivity contribution in [3.05, 3.63) is 53.6 Å². The van der Waals surface area contributed by atoms with Gasteiger partial charge in [0.2, 0.25) is 10.0 Å². The minimum atomic E-state index is -4.64. The van der Waals surface area contributed by atoms with Crippen LogP contribution in [0.25, 0.3) is 0 Å². The highest BCUT2D eigenvalue weighted by Gasteiger charge is 2.37. The number of carbonyl (C=O) groups is 1. The molecule has 2 aromatic carbocycles. The minimum Gasteiger partial charge on any atom is -0.360 e. The number of halogens is 3. The summed E-state index contributed by atoms with van der Waals surface area (Å²) >= 11 is 0. The summed E-state index contributed by atoms with van der Waals surface area (Å²) in [5.74, 6) is -0.445. The normalized spacial score (nSPS) is 18.3. The second-order valence-electron chi connectivity index (χ2n) is 6.67. The minimum absolute atomic E-state index is 0.288. The summed E-state index contributed by atoms with van der Waals surface area (Å²) in [4.78, 5) is 12.1. The number of hydrogen-bond acceptors (Lipinski definition) is 4. The number of benzene rings is 2. The maximum Gasteiger partial charge on any atom is 0.416 e. The summed E-state index contributed by atoms with van der Waals surface area (Å²) in [5.41, 5.74) is 0.191. The number of amides is 1. The number of fused-ring (bicyclic) bond motifs is 1. The third kappa shape index (κ3) is 4.12. The molecule has 0 spiro atoms. The van der Waals surface area contributed by atoms with Crippen LogP contribution in [0.2, 0.25) is 0 Å². The van der Waals surface area contributed by atoms with Crippen molar-refractivity contribution in [3.8, 4) is 0 Å². The van der Waals surface area contributed by atoms with E-state index < -0.39 is 33.8 Å². The lowest BCUT2D eigenvalue weighted by Crippen LogP contribution is -2.51. The number of sulfonamides is 1. The summed E-state index contributed by atoms with van der Waals surface area (Å²) in [6.07, 6.45) is -6.09. The first-order valence-corrected chi connectivity index (χ1v) is 9.86. The zero-order chi connectivity index (χ0) is 20.7. The Morgan fingerprint density at radius 3 is 2.32 bits per heavy atom. The molecule has 1 amide bonds. The van der Waals surface area contributed by atoms with Crippen molar-refractivity contribution in [2.45, 2.75) is 37.0 Å². The van der Waals surface area contributed by atoms with E-state index in [0.717, 1.165) is 11.6 Å². The van der Waals surface area contributed by atoms with E-state index in [1.165, 1.54) is 0 Å². The van der Waals surface area contributed by atoms with Gasteiger partial charge in [-0.05, 0) is 41.8 Å². The number of carbonyl (C=O) groups excluding carboxylic acids is 1. The van der Waals surface area contributed by atoms with Crippen LogP contribution in [-0.2, 0) is 21.0 Å². The average Bonchev–Trinajstić information content (AvgIpc) is 2.60. The maximum atomic E-state index is 12.9. The van der Waals surface area contributed by atoms with Crippen LogP contribution >= 0.6 is 0 Å². The van der Waals surface area contributed by atoms with E-state index in [4.69, 9.17) is 0 Å².